The second kappa shape index (κ2) is 10.0. The fourth-order valence-corrected chi connectivity index (χ4v) is 4.27. The number of hydrogen-bond acceptors (Lipinski definition) is 3. The van der Waals surface area contributed by atoms with E-state index in [-0.39, 0.29) is 6.03 Å². The molecule has 0 fully saturated rings. The normalized spacial score (nSPS) is 10.6. The zero-order valence-electron chi connectivity index (χ0n) is 16.2. The maximum Gasteiger partial charge on any atom is 0.322 e. The lowest BCUT2D eigenvalue weighted by atomic mass is 10.1. The number of benzene rings is 2. The number of aryl methyl sites for hydroxylation is 1. The van der Waals surface area contributed by atoms with Crippen LogP contribution in [0.4, 0.5) is 10.5 Å². The van der Waals surface area contributed by atoms with Crippen LogP contribution in [-0.4, -0.2) is 24.6 Å². The summed E-state index contributed by atoms with van der Waals surface area (Å²) in [6.45, 7) is 3.12. The van der Waals surface area contributed by atoms with Crippen molar-refractivity contribution >= 4 is 46.3 Å². The Kier molecular flexibility index (Phi) is 7.42. The molecule has 2 amide bonds. The second-order valence-corrected chi connectivity index (χ2v) is 8.44. The van der Waals surface area contributed by atoms with Crippen molar-refractivity contribution in [3.8, 4) is 5.75 Å². The van der Waals surface area contributed by atoms with Crippen LogP contribution in [0.25, 0.3) is 0 Å². The molecule has 1 N–H and O–H groups in total. The van der Waals surface area contributed by atoms with Gasteiger partial charge in [-0.2, -0.15) is 0 Å². The van der Waals surface area contributed by atoms with E-state index in [1.807, 2.05) is 41.8 Å². The molecule has 1 aromatic heterocycles. The number of methoxy groups -OCH3 is 1. The molecule has 0 saturated carbocycles. The van der Waals surface area contributed by atoms with Crippen LogP contribution in [0.5, 0.6) is 5.75 Å². The summed E-state index contributed by atoms with van der Waals surface area (Å²) in [4.78, 5) is 16.0. The van der Waals surface area contributed by atoms with Gasteiger partial charge in [-0.1, -0.05) is 29.3 Å². The standard InChI is InChI=1S/C22H22Cl2N2O2S/c1-15-10-12-29-21(15)14-26(11-9-16-3-4-17(23)13-20(16)24)22(27)25-18-5-7-19(28-2)8-6-18/h3-8,10,12-13H,9,11,14H2,1-2H3,(H,25,27). The molecular formula is C22H22Cl2N2O2S. The largest absolute Gasteiger partial charge is 0.497 e. The molecule has 0 bridgehead atoms. The second-order valence-electron chi connectivity index (χ2n) is 6.59. The van der Waals surface area contributed by atoms with Gasteiger partial charge in [0.15, 0.2) is 0 Å². The zero-order chi connectivity index (χ0) is 20.8. The monoisotopic (exact) mass is 448 g/mol. The van der Waals surface area contributed by atoms with Gasteiger partial charge in [0.2, 0.25) is 0 Å². The predicted octanol–water partition coefficient (Wildman–Crippen LogP) is 6.65. The van der Waals surface area contributed by atoms with E-state index in [1.165, 1.54) is 5.56 Å². The Hall–Kier alpha value is -2.21. The maximum atomic E-state index is 13.0. The van der Waals surface area contributed by atoms with Crippen LogP contribution in [0.2, 0.25) is 10.0 Å². The summed E-state index contributed by atoms with van der Waals surface area (Å²) in [7, 11) is 1.61. The van der Waals surface area contributed by atoms with Crippen molar-refractivity contribution in [2.45, 2.75) is 19.9 Å². The van der Waals surface area contributed by atoms with Crippen molar-refractivity contribution in [2.75, 3.05) is 19.0 Å². The number of rotatable bonds is 7. The summed E-state index contributed by atoms with van der Waals surface area (Å²) in [6, 6.07) is 14.6. The van der Waals surface area contributed by atoms with Crippen molar-refractivity contribution < 1.29 is 9.53 Å². The van der Waals surface area contributed by atoms with Crippen molar-refractivity contribution in [1.82, 2.24) is 4.90 Å². The van der Waals surface area contributed by atoms with Crippen LogP contribution in [0.3, 0.4) is 0 Å². The van der Waals surface area contributed by atoms with Gasteiger partial charge in [-0.15, -0.1) is 11.3 Å². The Morgan fingerprint density at radius 3 is 2.52 bits per heavy atom. The third kappa shape index (κ3) is 5.89. The topological polar surface area (TPSA) is 41.6 Å². The number of hydrogen-bond donors (Lipinski definition) is 1. The third-order valence-corrected chi connectivity index (χ3v) is 6.19. The summed E-state index contributed by atoms with van der Waals surface area (Å²) < 4.78 is 5.17. The summed E-state index contributed by atoms with van der Waals surface area (Å²) in [5.41, 5.74) is 2.86. The van der Waals surface area contributed by atoms with E-state index in [2.05, 4.69) is 18.3 Å². The molecule has 152 valence electrons. The van der Waals surface area contributed by atoms with Gasteiger partial charge < -0.3 is 15.0 Å². The minimum Gasteiger partial charge on any atom is -0.497 e. The first-order chi connectivity index (χ1) is 14.0. The minimum absolute atomic E-state index is 0.159. The summed E-state index contributed by atoms with van der Waals surface area (Å²) in [5, 5.41) is 6.22. The molecule has 4 nitrogen and oxygen atoms in total. The maximum absolute atomic E-state index is 13.0. The first kappa shape index (κ1) is 21.5. The van der Waals surface area contributed by atoms with E-state index in [1.54, 1.807) is 29.4 Å². The average Bonchev–Trinajstić information content (AvgIpc) is 3.11. The van der Waals surface area contributed by atoms with Crippen molar-refractivity contribution in [2.24, 2.45) is 0 Å². The van der Waals surface area contributed by atoms with Gasteiger partial charge >= 0.3 is 6.03 Å². The van der Waals surface area contributed by atoms with Gasteiger partial charge in [-0.3, -0.25) is 0 Å². The summed E-state index contributed by atoms with van der Waals surface area (Å²) in [5.74, 6) is 0.742. The van der Waals surface area contributed by atoms with Crippen LogP contribution in [0.1, 0.15) is 16.0 Å². The van der Waals surface area contributed by atoms with E-state index >= 15 is 0 Å². The number of halogens is 2. The molecule has 1 heterocycles. The van der Waals surface area contributed by atoms with E-state index in [4.69, 9.17) is 27.9 Å². The highest BCUT2D eigenvalue weighted by Gasteiger charge is 2.17. The molecule has 3 aromatic rings. The Morgan fingerprint density at radius 2 is 1.90 bits per heavy atom. The highest BCUT2D eigenvalue weighted by Crippen LogP contribution is 2.23. The summed E-state index contributed by atoms with van der Waals surface area (Å²) in [6.07, 6.45) is 0.635. The fourth-order valence-electron chi connectivity index (χ4n) is 2.85. The molecule has 0 radical (unpaired) electrons. The number of nitrogens with zero attached hydrogens (tertiary/aromatic N) is 1. The molecule has 7 heteroatoms. The molecule has 0 saturated heterocycles. The highest BCUT2D eigenvalue weighted by atomic mass is 35.5. The molecular weight excluding hydrogens is 427 g/mol. The smallest absolute Gasteiger partial charge is 0.322 e. The number of amides is 2. The van der Waals surface area contributed by atoms with Gasteiger partial charge in [0.1, 0.15) is 5.75 Å². The number of ether oxygens (including phenoxy) is 1. The fraction of sp³-hybridized carbons (Fsp3) is 0.227. The SMILES string of the molecule is COc1ccc(NC(=O)N(CCc2ccc(Cl)cc2Cl)Cc2sccc2C)cc1. The van der Waals surface area contributed by atoms with Crippen molar-refractivity contribution in [3.63, 3.8) is 0 Å². The molecule has 2 aromatic carbocycles. The van der Waals surface area contributed by atoms with E-state index in [0.29, 0.717) is 35.2 Å². The zero-order valence-corrected chi connectivity index (χ0v) is 18.6. The predicted molar refractivity (Wildman–Crippen MR) is 122 cm³/mol. The van der Waals surface area contributed by atoms with E-state index < -0.39 is 0 Å². The van der Waals surface area contributed by atoms with Crippen molar-refractivity contribution in [1.29, 1.82) is 0 Å². The molecule has 0 atom stereocenters. The first-order valence-electron chi connectivity index (χ1n) is 9.13. The van der Waals surface area contributed by atoms with Gasteiger partial charge in [-0.25, -0.2) is 4.79 Å². The van der Waals surface area contributed by atoms with Crippen LogP contribution in [0.15, 0.2) is 53.9 Å². The average molecular weight is 449 g/mol. The van der Waals surface area contributed by atoms with E-state index in [0.717, 1.165) is 16.2 Å². The van der Waals surface area contributed by atoms with Gasteiger partial charge in [-0.05, 0) is 72.3 Å². The number of carbonyl (C=O) groups is 1. The van der Waals surface area contributed by atoms with Crippen LogP contribution in [-0.2, 0) is 13.0 Å². The Morgan fingerprint density at radius 1 is 1.14 bits per heavy atom. The molecule has 0 aliphatic heterocycles. The van der Waals surface area contributed by atoms with E-state index in [9.17, 15) is 4.79 Å². The molecule has 0 aliphatic rings. The van der Waals surface area contributed by atoms with Gasteiger partial charge in [0.05, 0.1) is 13.7 Å². The van der Waals surface area contributed by atoms with Crippen LogP contribution in [0, 0.1) is 6.92 Å². The number of urea groups is 1. The number of anilines is 1. The first-order valence-corrected chi connectivity index (χ1v) is 10.8. The number of carbonyl (C=O) groups excluding carboxylic acids is 1. The van der Waals surface area contributed by atoms with Crippen LogP contribution < -0.4 is 10.1 Å². The Bertz CT molecular complexity index is 973. The van der Waals surface area contributed by atoms with Gasteiger partial charge in [0, 0.05) is 27.2 Å². The lowest BCUT2D eigenvalue weighted by molar-refractivity contribution is 0.210. The summed E-state index contributed by atoms with van der Waals surface area (Å²) >= 11 is 13.9. The molecule has 0 spiro atoms. The minimum atomic E-state index is -0.159. The number of nitrogens with one attached hydrogen (secondary N) is 1. The quantitative estimate of drug-likeness (QED) is 0.439. The Labute approximate surface area is 185 Å². The lowest BCUT2D eigenvalue weighted by Gasteiger charge is -2.23. The number of thiophene rings is 1. The lowest BCUT2D eigenvalue weighted by Crippen LogP contribution is -2.36. The third-order valence-electron chi connectivity index (χ3n) is 4.60. The Balaban J connectivity index is 1.74. The highest BCUT2D eigenvalue weighted by molar-refractivity contribution is 7.10. The van der Waals surface area contributed by atoms with Gasteiger partial charge in [0.25, 0.3) is 0 Å². The molecule has 0 aliphatic carbocycles. The van der Waals surface area contributed by atoms with Crippen LogP contribution >= 0.6 is 34.5 Å². The molecule has 3 rings (SSSR count). The molecule has 29 heavy (non-hydrogen) atoms. The molecule has 0 unspecified atom stereocenters. The van der Waals surface area contributed by atoms with Crippen molar-refractivity contribution in [3.05, 3.63) is 80.0 Å².